The summed E-state index contributed by atoms with van der Waals surface area (Å²) in [5, 5.41) is 20.9. The number of nitro groups is 1. The summed E-state index contributed by atoms with van der Waals surface area (Å²) in [5.74, 6) is 0. The Bertz CT molecular complexity index is 567. The number of rotatable bonds is 4. The Morgan fingerprint density at radius 1 is 1.39 bits per heavy atom. The Morgan fingerprint density at radius 2 is 2.11 bits per heavy atom. The van der Waals surface area contributed by atoms with E-state index in [2.05, 4.69) is 15.9 Å². The molecule has 0 spiro atoms. The van der Waals surface area contributed by atoms with Crippen LogP contribution in [0.25, 0.3) is 0 Å². The molecule has 1 aromatic heterocycles. The molecule has 0 aliphatic heterocycles. The van der Waals surface area contributed by atoms with Crippen molar-refractivity contribution in [3.63, 3.8) is 0 Å². The van der Waals surface area contributed by atoms with Crippen LogP contribution in [0.1, 0.15) is 17.2 Å². The van der Waals surface area contributed by atoms with Gasteiger partial charge in [-0.1, -0.05) is 18.2 Å². The van der Waals surface area contributed by atoms with E-state index in [9.17, 15) is 15.2 Å². The van der Waals surface area contributed by atoms with E-state index in [4.69, 9.17) is 4.42 Å². The SMILES string of the molecule is O=[N+]([O-])c1ccccc1CC(O)c1ccoc1Br. The number of benzene rings is 1. The van der Waals surface area contributed by atoms with Crippen LogP contribution < -0.4 is 0 Å². The van der Waals surface area contributed by atoms with E-state index in [0.717, 1.165) is 0 Å². The fraction of sp³-hybridized carbons (Fsp3) is 0.167. The summed E-state index contributed by atoms with van der Waals surface area (Å²) in [4.78, 5) is 10.4. The monoisotopic (exact) mass is 311 g/mol. The summed E-state index contributed by atoms with van der Waals surface area (Å²) >= 11 is 3.17. The molecule has 1 aromatic carbocycles. The topological polar surface area (TPSA) is 76.5 Å². The van der Waals surface area contributed by atoms with Gasteiger partial charge in [0.2, 0.25) is 0 Å². The predicted molar refractivity (Wildman–Crippen MR) is 68.2 cm³/mol. The zero-order chi connectivity index (χ0) is 13.1. The Hall–Kier alpha value is -1.66. The maximum Gasteiger partial charge on any atom is 0.272 e. The lowest BCUT2D eigenvalue weighted by Crippen LogP contribution is -2.04. The Labute approximate surface area is 111 Å². The van der Waals surface area contributed by atoms with E-state index in [1.807, 2.05) is 0 Å². The van der Waals surface area contributed by atoms with E-state index in [0.29, 0.717) is 15.8 Å². The molecule has 0 aliphatic carbocycles. The van der Waals surface area contributed by atoms with Crippen molar-refractivity contribution in [1.29, 1.82) is 0 Å². The van der Waals surface area contributed by atoms with Crippen LogP contribution in [0.5, 0.6) is 0 Å². The standard InChI is InChI=1S/C12H10BrNO4/c13-12-9(5-6-18-12)11(15)7-8-3-1-2-4-10(8)14(16)17/h1-6,11,15H,7H2. The van der Waals surface area contributed by atoms with Gasteiger partial charge >= 0.3 is 0 Å². The van der Waals surface area contributed by atoms with E-state index < -0.39 is 11.0 Å². The molecule has 5 nitrogen and oxygen atoms in total. The molecule has 18 heavy (non-hydrogen) atoms. The number of aliphatic hydroxyl groups is 1. The van der Waals surface area contributed by atoms with Crippen LogP contribution in [0.2, 0.25) is 0 Å². The maximum atomic E-state index is 10.9. The van der Waals surface area contributed by atoms with Crippen molar-refractivity contribution < 1.29 is 14.4 Å². The van der Waals surface area contributed by atoms with Crippen molar-refractivity contribution in [1.82, 2.24) is 0 Å². The van der Waals surface area contributed by atoms with Gasteiger partial charge in [0.25, 0.3) is 5.69 Å². The average molecular weight is 312 g/mol. The first-order valence-corrected chi connectivity index (χ1v) is 6.02. The molecule has 94 valence electrons. The lowest BCUT2D eigenvalue weighted by molar-refractivity contribution is -0.385. The van der Waals surface area contributed by atoms with Crippen molar-refractivity contribution in [2.24, 2.45) is 0 Å². The third-order valence-electron chi connectivity index (χ3n) is 2.61. The van der Waals surface area contributed by atoms with Crippen LogP contribution in [-0.4, -0.2) is 10.0 Å². The Morgan fingerprint density at radius 3 is 2.72 bits per heavy atom. The van der Waals surface area contributed by atoms with Gasteiger partial charge in [0.05, 0.1) is 17.3 Å². The van der Waals surface area contributed by atoms with Crippen molar-refractivity contribution >= 4 is 21.6 Å². The third kappa shape index (κ3) is 2.60. The van der Waals surface area contributed by atoms with Gasteiger partial charge < -0.3 is 9.52 Å². The second kappa shape index (κ2) is 5.32. The lowest BCUT2D eigenvalue weighted by Gasteiger charge is -2.09. The molecule has 1 unspecified atom stereocenters. The minimum Gasteiger partial charge on any atom is -0.457 e. The van der Waals surface area contributed by atoms with Crippen LogP contribution in [0.15, 0.2) is 45.7 Å². The zero-order valence-electron chi connectivity index (χ0n) is 9.25. The summed E-state index contributed by atoms with van der Waals surface area (Å²) < 4.78 is 5.46. The van der Waals surface area contributed by atoms with Crippen LogP contribution in [-0.2, 0) is 6.42 Å². The minimum absolute atomic E-state index is 0.0103. The van der Waals surface area contributed by atoms with Crippen molar-refractivity contribution in [3.8, 4) is 0 Å². The fourth-order valence-electron chi connectivity index (χ4n) is 1.72. The van der Waals surface area contributed by atoms with Crippen molar-refractivity contribution in [2.75, 3.05) is 0 Å². The molecule has 0 bridgehead atoms. The quantitative estimate of drug-likeness (QED) is 0.694. The molecule has 0 radical (unpaired) electrons. The number of aliphatic hydroxyl groups excluding tert-OH is 1. The summed E-state index contributed by atoms with van der Waals surface area (Å²) in [7, 11) is 0. The Balaban J connectivity index is 2.25. The van der Waals surface area contributed by atoms with Crippen LogP contribution in [0.4, 0.5) is 5.69 Å². The highest BCUT2D eigenvalue weighted by molar-refractivity contribution is 9.10. The highest BCUT2D eigenvalue weighted by Gasteiger charge is 2.19. The molecule has 1 N–H and O–H groups in total. The largest absolute Gasteiger partial charge is 0.457 e. The third-order valence-corrected chi connectivity index (χ3v) is 3.25. The summed E-state index contributed by atoms with van der Waals surface area (Å²) in [6, 6.07) is 7.99. The first kappa shape index (κ1) is 12.8. The highest BCUT2D eigenvalue weighted by Crippen LogP contribution is 2.29. The Kier molecular flexibility index (Phi) is 3.78. The number of nitro benzene ring substituents is 1. The van der Waals surface area contributed by atoms with Gasteiger partial charge in [-0.2, -0.15) is 0 Å². The molecule has 6 heteroatoms. The lowest BCUT2D eigenvalue weighted by atomic mass is 10.0. The number of para-hydroxylation sites is 1. The van der Waals surface area contributed by atoms with E-state index in [1.54, 1.807) is 24.3 Å². The van der Waals surface area contributed by atoms with Gasteiger partial charge in [-0.25, -0.2) is 0 Å². The molecular formula is C12H10BrNO4. The molecule has 1 heterocycles. The van der Waals surface area contributed by atoms with E-state index >= 15 is 0 Å². The summed E-state index contributed by atoms with van der Waals surface area (Å²) in [6.07, 6.45) is 0.761. The predicted octanol–water partition coefficient (Wildman–Crippen LogP) is 3.23. The molecule has 1 atom stereocenters. The first-order valence-electron chi connectivity index (χ1n) is 5.23. The van der Waals surface area contributed by atoms with Gasteiger partial charge in [-0.3, -0.25) is 10.1 Å². The molecule has 0 fully saturated rings. The number of hydrogen-bond donors (Lipinski definition) is 1. The normalized spacial score (nSPS) is 12.3. The minimum atomic E-state index is -0.848. The number of halogens is 1. The van der Waals surface area contributed by atoms with Gasteiger partial charge in [0.15, 0.2) is 4.67 Å². The van der Waals surface area contributed by atoms with Crippen LogP contribution >= 0.6 is 15.9 Å². The molecule has 0 amide bonds. The molecular weight excluding hydrogens is 302 g/mol. The summed E-state index contributed by atoms with van der Waals surface area (Å²) in [6.45, 7) is 0. The second-order valence-corrected chi connectivity index (χ2v) is 4.48. The zero-order valence-corrected chi connectivity index (χ0v) is 10.8. The molecule has 2 aromatic rings. The maximum absolute atomic E-state index is 10.9. The van der Waals surface area contributed by atoms with Crippen LogP contribution in [0, 0.1) is 10.1 Å². The number of furan rings is 1. The van der Waals surface area contributed by atoms with Gasteiger partial charge in [-0.15, -0.1) is 0 Å². The molecule has 0 aliphatic rings. The smallest absolute Gasteiger partial charge is 0.272 e. The van der Waals surface area contributed by atoms with Gasteiger partial charge in [0, 0.05) is 23.6 Å². The van der Waals surface area contributed by atoms with Crippen LogP contribution in [0.3, 0.4) is 0 Å². The summed E-state index contributed by atoms with van der Waals surface area (Å²) in [5.41, 5.74) is 1.08. The van der Waals surface area contributed by atoms with E-state index in [-0.39, 0.29) is 12.1 Å². The highest BCUT2D eigenvalue weighted by atomic mass is 79.9. The molecule has 0 saturated heterocycles. The first-order chi connectivity index (χ1) is 8.59. The average Bonchev–Trinajstić information content (AvgIpc) is 2.76. The van der Waals surface area contributed by atoms with Gasteiger partial charge in [-0.05, 0) is 22.0 Å². The van der Waals surface area contributed by atoms with E-state index in [1.165, 1.54) is 12.3 Å². The fourth-order valence-corrected chi connectivity index (χ4v) is 2.23. The number of hydrogen-bond acceptors (Lipinski definition) is 4. The number of nitrogens with zero attached hydrogens (tertiary/aromatic N) is 1. The molecule has 0 saturated carbocycles. The van der Waals surface area contributed by atoms with Crippen molar-refractivity contribution in [2.45, 2.75) is 12.5 Å². The second-order valence-electron chi connectivity index (χ2n) is 3.76. The molecule has 2 rings (SSSR count). The van der Waals surface area contributed by atoms with Gasteiger partial charge in [0.1, 0.15) is 0 Å². The van der Waals surface area contributed by atoms with Crippen molar-refractivity contribution in [3.05, 3.63) is 62.5 Å².